The quantitative estimate of drug-likeness (QED) is 0.915. The number of anilines is 1. The van der Waals surface area contributed by atoms with Crippen LogP contribution in [0.5, 0.6) is 0 Å². The van der Waals surface area contributed by atoms with Gasteiger partial charge in [0.2, 0.25) is 0 Å². The Morgan fingerprint density at radius 2 is 2.05 bits per heavy atom. The number of aryl methyl sites for hydroxylation is 2. The average Bonchev–Trinajstić information content (AvgIpc) is 2.43. The van der Waals surface area contributed by atoms with Gasteiger partial charge in [-0.15, -0.1) is 0 Å². The van der Waals surface area contributed by atoms with Crippen LogP contribution in [0.15, 0.2) is 6.07 Å². The number of pyridine rings is 1. The van der Waals surface area contributed by atoms with Crippen molar-refractivity contribution >= 4 is 5.82 Å². The first-order valence-electron chi connectivity index (χ1n) is 7.28. The first-order valence-corrected chi connectivity index (χ1v) is 7.28. The molecule has 0 aliphatic heterocycles. The highest BCUT2D eigenvalue weighted by molar-refractivity contribution is 5.54. The number of rotatable bonds is 4. The average molecular weight is 272 g/mol. The van der Waals surface area contributed by atoms with Crippen molar-refractivity contribution in [1.82, 2.24) is 9.88 Å². The van der Waals surface area contributed by atoms with Crippen LogP contribution in [0.1, 0.15) is 43.5 Å². The summed E-state index contributed by atoms with van der Waals surface area (Å²) in [6, 6.07) is 4.29. The van der Waals surface area contributed by atoms with E-state index in [0.29, 0.717) is 5.56 Å². The zero-order chi connectivity index (χ0) is 14.8. The molecule has 0 atom stereocenters. The van der Waals surface area contributed by atoms with Crippen LogP contribution in [-0.2, 0) is 12.8 Å². The third-order valence-electron chi connectivity index (χ3n) is 4.32. The van der Waals surface area contributed by atoms with Crippen molar-refractivity contribution in [2.45, 2.75) is 45.1 Å². The maximum absolute atomic E-state index is 9.32. The van der Waals surface area contributed by atoms with Crippen LogP contribution in [0.4, 0.5) is 5.82 Å². The Bertz CT molecular complexity index is 526. The summed E-state index contributed by atoms with van der Waals surface area (Å²) >= 11 is 0. The van der Waals surface area contributed by atoms with E-state index < -0.39 is 0 Å². The lowest BCUT2D eigenvalue weighted by Gasteiger charge is -2.33. The van der Waals surface area contributed by atoms with Gasteiger partial charge >= 0.3 is 0 Å². The number of hydrogen-bond donors (Lipinski definition) is 1. The van der Waals surface area contributed by atoms with Crippen molar-refractivity contribution in [3.63, 3.8) is 0 Å². The first kappa shape index (κ1) is 14.8. The fourth-order valence-electron chi connectivity index (χ4n) is 2.31. The standard InChI is InChI=1S/C16H24N4/c1-16(2,20(3)4)11-18-15-13(10-17)9-12-7-5-6-8-14(12)19-15/h9H,5-8,11H2,1-4H3,(H,18,19). The van der Waals surface area contributed by atoms with E-state index in [0.717, 1.165) is 25.2 Å². The topological polar surface area (TPSA) is 52.0 Å². The molecule has 0 aromatic carbocycles. The van der Waals surface area contributed by atoms with E-state index >= 15 is 0 Å². The van der Waals surface area contributed by atoms with Gasteiger partial charge < -0.3 is 10.2 Å². The van der Waals surface area contributed by atoms with E-state index in [-0.39, 0.29) is 5.54 Å². The predicted octanol–water partition coefficient (Wildman–Crippen LogP) is 2.58. The fraction of sp³-hybridized carbons (Fsp3) is 0.625. The zero-order valence-corrected chi connectivity index (χ0v) is 13.0. The van der Waals surface area contributed by atoms with Gasteiger partial charge in [-0.2, -0.15) is 5.26 Å². The number of aromatic nitrogens is 1. The largest absolute Gasteiger partial charge is 0.367 e. The minimum absolute atomic E-state index is 0.0182. The summed E-state index contributed by atoms with van der Waals surface area (Å²) < 4.78 is 0. The zero-order valence-electron chi connectivity index (χ0n) is 13.0. The summed E-state index contributed by atoms with van der Waals surface area (Å²) in [4.78, 5) is 6.87. The molecule has 0 radical (unpaired) electrons. The van der Waals surface area contributed by atoms with Crippen LogP contribution in [0.3, 0.4) is 0 Å². The van der Waals surface area contributed by atoms with Crippen LogP contribution >= 0.6 is 0 Å². The Balaban J connectivity index is 2.21. The van der Waals surface area contributed by atoms with Gasteiger partial charge in [0.05, 0.1) is 5.56 Å². The number of fused-ring (bicyclic) bond motifs is 1. The highest BCUT2D eigenvalue weighted by atomic mass is 15.2. The molecule has 0 bridgehead atoms. The Hall–Kier alpha value is -1.60. The lowest BCUT2D eigenvalue weighted by Crippen LogP contribution is -2.44. The van der Waals surface area contributed by atoms with Crippen molar-refractivity contribution in [2.24, 2.45) is 0 Å². The van der Waals surface area contributed by atoms with Crippen molar-refractivity contribution in [3.05, 3.63) is 22.9 Å². The van der Waals surface area contributed by atoms with Gasteiger partial charge in [0.15, 0.2) is 0 Å². The van der Waals surface area contributed by atoms with E-state index in [4.69, 9.17) is 4.98 Å². The molecule has 1 aromatic rings. The molecule has 20 heavy (non-hydrogen) atoms. The second-order valence-electron chi connectivity index (χ2n) is 6.37. The number of likely N-dealkylation sites (N-methyl/N-ethyl adjacent to an activating group) is 1. The van der Waals surface area contributed by atoms with E-state index in [9.17, 15) is 5.26 Å². The summed E-state index contributed by atoms with van der Waals surface area (Å²) in [5, 5.41) is 12.7. The maximum atomic E-state index is 9.32. The van der Waals surface area contributed by atoms with Crippen molar-refractivity contribution < 1.29 is 0 Å². The molecule has 0 saturated carbocycles. The van der Waals surface area contributed by atoms with Gasteiger partial charge in [0.25, 0.3) is 0 Å². The van der Waals surface area contributed by atoms with Crippen molar-refractivity contribution in [1.29, 1.82) is 5.26 Å². The molecule has 108 valence electrons. The monoisotopic (exact) mass is 272 g/mol. The molecule has 1 aliphatic rings. The van der Waals surface area contributed by atoms with E-state index in [1.807, 2.05) is 6.07 Å². The van der Waals surface area contributed by atoms with Gasteiger partial charge in [-0.05, 0) is 65.3 Å². The van der Waals surface area contributed by atoms with Crippen LogP contribution in [0.25, 0.3) is 0 Å². The lowest BCUT2D eigenvalue weighted by atomic mass is 9.95. The summed E-state index contributed by atoms with van der Waals surface area (Å²) in [7, 11) is 4.13. The van der Waals surface area contributed by atoms with E-state index in [1.54, 1.807) is 0 Å². The maximum Gasteiger partial charge on any atom is 0.144 e. The van der Waals surface area contributed by atoms with Crippen molar-refractivity contribution in [2.75, 3.05) is 26.0 Å². The smallest absolute Gasteiger partial charge is 0.144 e. The predicted molar refractivity (Wildman–Crippen MR) is 81.8 cm³/mol. The summed E-state index contributed by atoms with van der Waals surface area (Å²) in [5.74, 6) is 0.739. The third-order valence-corrected chi connectivity index (χ3v) is 4.32. The lowest BCUT2D eigenvalue weighted by molar-refractivity contribution is 0.210. The molecule has 4 heteroatoms. The molecule has 4 nitrogen and oxygen atoms in total. The van der Waals surface area contributed by atoms with E-state index in [2.05, 4.69) is 44.2 Å². The number of nitriles is 1. The van der Waals surface area contributed by atoms with Crippen LogP contribution < -0.4 is 5.32 Å². The van der Waals surface area contributed by atoms with Gasteiger partial charge in [0.1, 0.15) is 11.9 Å². The Labute approximate surface area is 121 Å². The van der Waals surface area contributed by atoms with E-state index in [1.165, 1.54) is 24.1 Å². The highest BCUT2D eigenvalue weighted by Gasteiger charge is 2.21. The molecule has 0 unspecified atom stereocenters. The Morgan fingerprint density at radius 1 is 1.35 bits per heavy atom. The molecule has 2 rings (SSSR count). The Morgan fingerprint density at radius 3 is 2.70 bits per heavy atom. The van der Waals surface area contributed by atoms with Gasteiger partial charge in [-0.25, -0.2) is 4.98 Å². The minimum atomic E-state index is 0.0182. The van der Waals surface area contributed by atoms with Crippen LogP contribution in [0, 0.1) is 11.3 Å². The van der Waals surface area contributed by atoms with Gasteiger partial charge in [-0.3, -0.25) is 0 Å². The highest BCUT2D eigenvalue weighted by Crippen LogP contribution is 2.24. The molecule has 1 N–H and O–H groups in total. The molecule has 0 fully saturated rings. The fourth-order valence-corrected chi connectivity index (χ4v) is 2.31. The molecule has 1 heterocycles. The first-order chi connectivity index (χ1) is 9.44. The molecule has 1 aliphatic carbocycles. The molecular weight excluding hydrogens is 248 g/mol. The molecule has 1 aromatic heterocycles. The number of nitrogens with zero attached hydrogens (tertiary/aromatic N) is 3. The van der Waals surface area contributed by atoms with Crippen molar-refractivity contribution in [3.8, 4) is 6.07 Å². The summed E-state index contributed by atoms with van der Waals surface area (Å²) in [6.45, 7) is 5.11. The SMILES string of the molecule is CN(C)C(C)(C)CNc1nc2c(cc1C#N)CCCC2. The second kappa shape index (κ2) is 5.80. The normalized spacial score (nSPS) is 14.8. The molecular formula is C16H24N4. The molecule has 0 saturated heterocycles. The number of nitrogens with one attached hydrogen (secondary N) is 1. The number of hydrogen-bond acceptors (Lipinski definition) is 4. The van der Waals surface area contributed by atoms with Crippen LogP contribution in [0.2, 0.25) is 0 Å². The van der Waals surface area contributed by atoms with Crippen LogP contribution in [-0.4, -0.2) is 36.1 Å². The van der Waals surface area contributed by atoms with Gasteiger partial charge in [0, 0.05) is 17.8 Å². The minimum Gasteiger partial charge on any atom is -0.367 e. The Kier molecular flexibility index (Phi) is 4.29. The second-order valence-corrected chi connectivity index (χ2v) is 6.37. The molecule has 0 amide bonds. The molecule has 0 spiro atoms. The third kappa shape index (κ3) is 3.10. The van der Waals surface area contributed by atoms with Gasteiger partial charge in [-0.1, -0.05) is 0 Å². The summed E-state index contributed by atoms with van der Waals surface area (Å²) in [5.41, 5.74) is 3.11. The summed E-state index contributed by atoms with van der Waals surface area (Å²) in [6.07, 6.45) is 4.50.